The second-order valence-electron chi connectivity index (χ2n) is 6.38. The minimum atomic E-state index is -0.361. The third kappa shape index (κ3) is 4.37. The second kappa shape index (κ2) is 8.12. The van der Waals surface area contributed by atoms with Gasteiger partial charge in [-0.3, -0.25) is 0 Å². The van der Waals surface area contributed by atoms with E-state index in [4.69, 9.17) is 4.74 Å². The summed E-state index contributed by atoms with van der Waals surface area (Å²) in [5.74, 6) is -0.238. The number of piperidine rings is 1. The summed E-state index contributed by atoms with van der Waals surface area (Å²) in [6, 6.07) is 15.9. The first-order chi connectivity index (χ1) is 12.2. The molecule has 0 saturated carbocycles. The van der Waals surface area contributed by atoms with Gasteiger partial charge < -0.3 is 14.7 Å². The number of hydrogen-bond donors (Lipinski definition) is 1. The molecular formula is C20H22FNO3. The molecule has 1 fully saturated rings. The second-order valence-corrected chi connectivity index (χ2v) is 6.38. The molecule has 132 valence electrons. The van der Waals surface area contributed by atoms with Gasteiger partial charge in [0.05, 0.1) is 0 Å². The number of amides is 1. The lowest BCUT2D eigenvalue weighted by Crippen LogP contribution is -2.44. The van der Waals surface area contributed by atoms with Crippen molar-refractivity contribution in [3.05, 3.63) is 71.5 Å². The van der Waals surface area contributed by atoms with Gasteiger partial charge in [0, 0.05) is 25.6 Å². The molecule has 2 aromatic carbocycles. The summed E-state index contributed by atoms with van der Waals surface area (Å²) >= 11 is 0. The lowest BCUT2D eigenvalue weighted by Gasteiger charge is -2.37. The van der Waals surface area contributed by atoms with Crippen LogP contribution >= 0.6 is 0 Å². The monoisotopic (exact) mass is 343 g/mol. The Morgan fingerprint density at radius 1 is 1.16 bits per heavy atom. The van der Waals surface area contributed by atoms with Crippen LogP contribution < -0.4 is 0 Å². The predicted octanol–water partition coefficient (Wildman–Crippen LogP) is 3.56. The van der Waals surface area contributed by atoms with Crippen molar-refractivity contribution in [1.82, 2.24) is 4.90 Å². The minimum absolute atomic E-state index is 0.0233. The Labute approximate surface area is 146 Å². The van der Waals surface area contributed by atoms with Crippen LogP contribution in [0.4, 0.5) is 9.18 Å². The average Bonchev–Trinajstić information content (AvgIpc) is 2.67. The minimum Gasteiger partial charge on any atom is -0.445 e. The van der Waals surface area contributed by atoms with Crippen LogP contribution in [0.5, 0.6) is 0 Å². The third-order valence-corrected chi connectivity index (χ3v) is 4.73. The molecule has 2 aromatic rings. The zero-order valence-corrected chi connectivity index (χ0v) is 14.0. The van der Waals surface area contributed by atoms with Crippen LogP contribution in [0.1, 0.15) is 23.5 Å². The highest BCUT2D eigenvalue weighted by molar-refractivity contribution is 5.67. The molecule has 0 radical (unpaired) electrons. The summed E-state index contributed by atoms with van der Waals surface area (Å²) in [4.78, 5) is 13.9. The Bertz CT molecular complexity index is 690. The number of benzene rings is 2. The Morgan fingerprint density at radius 2 is 1.88 bits per heavy atom. The summed E-state index contributed by atoms with van der Waals surface area (Å²) in [5.41, 5.74) is 1.94. The number of hydrogen-bond acceptors (Lipinski definition) is 3. The molecule has 1 heterocycles. The number of aliphatic hydroxyl groups is 1. The Morgan fingerprint density at radius 3 is 2.56 bits per heavy atom. The van der Waals surface area contributed by atoms with Crippen molar-refractivity contribution in [2.45, 2.75) is 18.9 Å². The molecular weight excluding hydrogens is 321 g/mol. The van der Waals surface area contributed by atoms with Crippen LogP contribution in [0, 0.1) is 11.7 Å². The summed E-state index contributed by atoms with van der Waals surface area (Å²) in [6.07, 6.45) is 0.358. The molecule has 2 atom stereocenters. The van der Waals surface area contributed by atoms with E-state index >= 15 is 0 Å². The van der Waals surface area contributed by atoms with Crippen molar-refractivity contribution in [1.29, 1.82) is 0 Å². The van der Waals surface area contributed by atoms with Crippen molar-refractivity contribution in [3.8, 4) is 0 Å². The largest absolute Gasteiger partial charge is 0.445 e. The summed E-state index contributed by atoms with van der Waals surface area (Å²) in [5, 5.41) is 9.73. The van der Waals surface area contributed by atoms with Crippen LogP contribution in [0.25, 0.3) is 0 Å². The standard InChI is InChI=1S/C20H22FNO3/c21-18-8-6-16(7-9-18)19-10-11-22(12-17(19)13-23)20(24)25-14-15-4-2-1-3-5-15/h1-9,17,19,23H,10-14H2/t17-,19-/m0/s1. The number of halogens is 1. The number of rotatable bonds is 4. The lowest BCUT2D eigenvalue weighted by atomic mass is 9.81. The van der Waals surface area contributed by atoms with Gasteiger partial charge in [-0.25, -0.2) is 9.18 Å². The van der Waals surface area contributed by atoms with Gasteiger partial charge in [-0.2, -0.15) is 0 Å². The van der Waals surface area contributed by atoms with Crippen molar-refractivity contribution in [2.75, 3.05) is 19.7 Å². The molecule has 1 aliphatic heterocycles. The van der Waals surface area contributed by atoms with Crippen LogP contribution in [0.3, 0.4) is 0 Å². The topological polar surface area (TPSA) is 49.8 Å². The Balaban J connectivity index is 1.59. The zero-order valence-electron chi connectivity index (χ0n) is 14.0. The molecule has 1 aliphatic rings. The fraction of sp³-hybridized carbons (Fsp3) is 0.350. The van der Waals surface area contributed by atoms with Crippen LogP contribution in [0.2, 0.25) is 0 Å². The van der Waals surface area contributed by atoms with E-state index in [1.165, 1.54) is 12.1 Å². The highest BCUT2D eigenvalue weighted by Gasteiger charge is 2.32. The van der Waals surface area contributed by atoms with Gasteiger partial charge in [-0.15, -0.1) is 0 Å². The van der Waals surface area contributed by atoms with Crippen molar-refractivity contribution in [3.63, 3.8) is 0 Å². The average molecular weight is 343 g/mol. The quantitative estimate of drug-likeness (QED) is 0.923. The highest BCUT2D eigenvalue weighted by Crippen LogP contribution is 2.33. The first-order valence-electron chi connectivity index (χ1n) is 8.49. The van der Waals surface area contributed by atoms with Gasteiger partial charge >= 0.3 is 6.09 Å². The first-order valence-corrected chi connectivity index (χ1v) is 8.49. The molecule has 25 heavy (non-hydrogen) atoms. The molecule has 0 spiro atoms. The van der Waals surface area contributed by atoms with Crippen LogP contribution in [0.15, 0.2) is 54.6 Å². The van der Waals surface area contributed by atoms with E-state index in [0.717, 1.165) is 17.5 Å². The van der Waals surface area contributed by atoms with Crippen molar-refractivity contribution >= 4 is 6.09 Å². The predicted molar refractivity (Wildman–Crippen MR) is 92.5 cm³/mol. The molecule has 1 amide bonds. The summed E-state index contributed by atoms with van der Waals surface area (Å²) < 4.78 is 18.5. The molecule has 0 aliphatic carbocycles. The molecule has 1 saturated heterocycles. The molecule has 0 unspecified atom stereocenters. The molecule has 5 heteroatoms. The van der Waals surface area contributed by atoms with Crippen LogP contribution in [-0.4, -0.2) is 35.8 Å². The fourth-order valence-electron chi connectivity index (χ4n) is 3.34. The van der Waals surface area contributed by atoms with Gasteiger partial charge in [0.15, 0.2) is 0 Å². The molecule has 3 rings (SSSR count). The zero-order chi connectivity index (χ0) is 17.6. The van der Waals surface area contributed by atoms with E-state index in [1.54, 1.807) is 17.0 Å². The van der Waals surface area contributed by atoms with E-state index in [9.17, 15) is 14.3 Å². The number of aliphatic hydroxyl groups excluding tert-OH is 1. The Kier molecular flexibility index (Phi) is 5.66. The maximum absolute atomic E-state index is 13.1. The summed E-state index contributed by atoms with van der Waals surface area (Å²) in [6.45, 7) is 1.21. The lowest BCUT2D eigenvalue weighted by molar-refractivity contribution is 0.0613. The normalized spacial score (nSPS) is 20.3. The number of ether oxygens (including phenoxy) is 1. The molecule has 1 N–H and O–H groups in total. The van der Waals surface area contributed by atoms with E-state index < -0.39 is 0 Å². The number of likely N-dealkylation sites (tertiary alicyclic amines) is 1. The maximum Gasteiger partial charge on any atom is 0.410 e. The Hall–Kier alpha value is -2.40. The van der Waals surface area contributed by atoms with Crippen molar-refractivity contribution in [2.24, 2.45) is 5.92 Å². The third-order valence-electron chi connectivity index (χ3n) is 4.73. The molecule has 4 nitrogen and oxygen atoms in total. The van der Waals surface area contributed by atoms with E-state index in [2.05, 4.69) is 0 Å². The van der Waals surface area contributed by atoms with Gasteiger partial charge in [-0.05, 0) is 35.6 Å². The van der Waals surface area contributed by atoms with Gasteiger partial charge in [0.1, 0.15) is 12.4 Å². The molecule has 0 bridgehead atoms. The van der Waals surface area contributed by atoms with E-state index in [-0.39, 0.29) is 37.0 Å². The van der Waals surface area contributed by atoms with Crippen molar-refractivity contribution < 1.29 is 19.0 Å². The van der Waals surface area contributed by atoms with Gasteiger partial charge in [0.25, 0.3) is 0 Å². The van der Waals surface area contributed by atoms with E-state index in [1.807, 2.05) is 30.3 Å². The highest BCUT2D eigenvalue weighted by atomic mass is 19.1. The number of carbonyl (C=O) groups is 1. The first kappa shape index (κ1) is 17.4. The van der Waals surface area contributed by atoms with Crippen LogP contribution in [-0.2, 0) is 11.3 Å². The van der Waals surface area contributed by atoms with Gasteiger partial charge in [-0.1, -0.05) is 42.5 Å². The number of carbonyl (C=O) groups excluding carboxylic acids is 1. The summed E-state index contributed by atoms with van der Waals surface area (Å²) in [7, 11) is 0. The van der Waals surface area contributed by atoms with Gasteiger partial charge in [0.2, 0.25) is 0 Å². The van der Waals surface area contributed by atoms with E-state index in [0.29, 0.717) is 13.1 Å². The SMILES string of the molecule is O=C(OCc1ccccc1)N1CC[C@@H](c2ccc(F)cc2)[C@H](CO)C1. The number of nitrogens with zero attached hydrogens (tertiary/aromatic N) is 1. The fourth-order valence-corrected chi connectivity index (χ4v) is 3.34. The maximum atomic E-state index is 13.1. The smallest absolute Gasteiger partial charge is 0.410 e. The molecule has 0 aromatic heterocycles.